The fourth-order valence-electron chi connectivity index (χ4n) is 1.45. The van der Waals surface area contributed by atoms with E-state index in [0.717, 1.165) is 11.3 Å². The summed E-state index contributed by atoms with van der Waals surface area (Å²) in [5.41, 5.74) is 0.546. The van der Waals surface area contributed by atoms with Crippen LogP contribution >= 0.6 is 22.9 Å². The number of thiazole rings is 1. The summed E-state index contributed by atoms with van der Waals surface area (Å²) in [6.07, 6.45) is 0. The molecule has 0 aliphatic heterocycles. The molecule has 19 heavy (non-hydrogen) atoms. The summed E-state index contributed by atoms with van der Waals surface area (Å²) >= 11 is 6.68. The van der Waals surface area contributed by atoms with Crippen molar-refractivity contribution in [2.75, 3.05) is 5.32 Å². The number of H-pyrrole nitrogens is 1. The van der Waals surface area contributed by atoms with Crippen molar-refractivity contribution >= 4 is 34.4 Å². The molecule has 0 spiro atoms. The van der Waals surface area contributed by atoms with Crippen molar-refractivity contribution in [1.29, 1.82) is 0 Å². The van der Waals surface area contributed by atoms with Gasteiger partial charge in [0.05, 0.1) is 11.5 Å². The minimum Gasteiger partial charge on any atom is -0.359 e. The van der Waals surface area contributed by atoms with Gasteiger partial charge in [-0.25, -0.2) is 4.98 Å². The van der Waals surface area contributed by atoms with E-state index in [-0.39, 0.29) is 33.9 Å². The predicted molar refractivity (Wildman–Crippen MR) is 70.7 cm³/mol. The van der Waals surface area contributed by atoms with E-state index in [4.69, 9.17) is 11.6 Å². The largest absolute Gasteiger partial charge is 0.359 e. The molecule has 2 N–H and O–H groups in total. The monoisotopic (exact) mass is 301 g/mol. The molecule has 2 aromatic heterocycles. The second-order valence-electron chi connectivity index (χ2n) is 3.56. The zero-order chi connectivity index (χ0) is 14.0. The Kier molecular flexibility index (Phi) is 3.76. The fourth-order valence-corrected chi connectivity index (χ4v) is 2.25. The first-order valence-electron chi connectivity index (χ1n) is 5.06. The molecule has 0 unspecified atom stereocenters. The van der Waals surface area contributed by atoms with Crippen LogP contribution in [0, 0.1) is 17.0 Å². The molecule has 0 atom stereocenters. The first-order chi connectivity index (χ1) is 8.97. The van der Waals surface area contributed by atoms with Crippen LogP contribution in [-0.4, -0.2) is 19.9 Å². The first-order valence-corrected chi connectivity index (χ1v) is 6.32. The Labute approximate surface area is 115 Å². The third-order valence-electron chi connectivity index (χ3n) is 2.23. The van der Waals surface area contributed by atoms with Crippen LogP contribution in [0.2, 0.25) is 5.28 Å². The molecule has 0 saturated heterocycles. The van der Waals surface area contributed by atoms with Crippen LogP contribution in [0.15, 0.2) is 10.2 Å². The van der Waals surface area contributed by atoms with Gasteiger partial charge >= 0.3 is 10.6 Å². The van der Waals surface area contributed by atoms with E-state index < -0.39 is 4.92 Å². The maximum absolute atomic E-state index is 11.0. The SMILES string of the molecule is Cc1nc(Cl)nc(NCc2csc(=O)[nH]2)c1[N+](=O)[O-]. The van der Waals surface area contributed by atoms with Gasteiger partial charge in [-0.1, -0.05) is 11.3 Å². The Morgan fingerprint density at radius 3 is 2.89 bits per heavy atom. The highest BCUT2D eigenvalue weighted by Crippen LogP contribution is 2.26. The number of aromatic amines is 1. The first kappa shape index (κ1) is 13.4. The topological polar surface area (TPSA) is 114 Å². The Balaban J connectivity index is 2.28. The van der Waals surface area contributed by atoms with Gasteiger partial charge in [0.25, 0.3) is 0 Å². The number of nitro groups is 1. The number of halogens is 1. The quantitative estimate of drug-likeness (QED) is 0.505. The van der Waals surface area contributed by atoms with Crippen LogP contribution in [0.4, 0.5) is 11.5 Å². The number of hydrogen-bond acceptors (Lipinski definition) is 7. The molecule has 0 bridgehead atoms. The average molecular weight is 302 g/mol. The van der Waals surface area contributed by atoms with E-state index in [1.165, 1.54) is 6.92 Å². The Bertz CT molecular complexity index is 683. The second-order valence-corrected chi connectivity index (χ2v) is 4.74. The Hall–Kier alpha value is -2.00. The summed E-state index contributed by atoms with van der Waals surface area (Å²) in [5.74, 6) is 0.0227. The summed E-state index contributed by atoms with van der Waals surface area (Å²) in [5, 5.41) is 15.3. The lowest BCUT2D eigenvalue weighted by Crippen LogP contribution is -2.08. The van der Waals surface area contributed by atoms with Gasteiger partial charge in [-0.3, -0.25) is 14.9 Å². The average Bonchev–Trinajstić information content (AvgIpc) is 2.71. The minimum atomic E-state index is -0.579. The number of aryl methyl sites for hydroxylation is 1. The molecule has 2 rings (SSSR count). The number of nitrogens with one attached hydrogen (secondary N) is 2. The normalized spacial score (nSPS) is 10.4. The molecule has 100 valence electrons. The third-order valence-corrected chi connectivity index (χ3v) is 3.12. The van der Waals surface area contributed by atoms with Crippen molar-refractivity contribution in [2.24, 2.45) is 0 Å². The highest BCUT2D eigenvalue weighted by molar-refractivity contribution is 7.07. The highest BCUT2D eigenvalue weighted by atomic mass is 35.5. The van der Waals surface area contributed by atoms with Crippen molar-refractivity contribution in [3.05, 3.63) is 41.8 Å². The molecule has 0 saturated carbocycles. The summed E-state index contributed by atoms with van der Waals surface area (Å²) in [7, 11) is 0. The third kappa shape index (κ3) is 3.06. The van der Waals surface area contributed by atoms with Gasteiger partial charge in [-0.05, 0) is 18.5 Å². The van der Waals surface area contributed by atoms with E-state index >= 15 is 0 Å². The van der Waals surface area contributed by atoms with Crippen LogP contribution in [0.5, 0.6) is 0 Å². The lowest BCUT2D eigenvalue weighted by molar-refractivity contribution is -0.385. The van der Waals surface area contributed by atoms with E-state index in [1.54, 1.807) is 5.38 Å². The molecule has 0 aliphatic carbocycles. The van der Waals surface area contributed by atoms with Crippen LogP contribution < -0.4 is 10.2 Å². The van der Waals surface area contributed by atoms with E-state index in [1.807, 2.05) is 0 Å². The lowest BCUT2D eigenvalue weighted by atomic mass is 10.3. The molecule has 10 heteroatoms. The van der Waals surface area contributed by atoms with Gasteiger partial charge < -0.3 is 10.3 Å². The number of hydrogen-bond donors (Lipinski definition) is 2. The van der Waals surface area contributed by atoms with Crippen molar-refractivity contribution < 1.29 is 4.92 Å². The van der Waals surface area contributed by atoms with Crippen LogP contribution in [0.1, 0.15) is 11.4 Å². The molecule has 0 aromatic carbocycles. The van der Waals surface area contributed by atoms with Gasteiger partial charge in [-0.15, -0.1) is 0 Å². The van der Waals surface area contributed by atoms with E-state index in [0.29, 0.717) is 5.69 Å². The minimum absolute atomic E-state index is 0.0227. The van der Waals surface area contributed by atoms with Crippen molar-refractivity contribution in [2.45, 2.75) is 13.5 Å². The van der Waals surface area contributed by atoms with Crippen molar-refractivity contribution in [3.8, 4) is 0 Å². The molecule has 2 aromatic rings. The van der Waals surface area contributed by atoms with Crippen LogP contribution in [0.3, 0.4) is 0 Å². The molecular weight excluding hydrogens is 294 g/mol. The second kappa shape index (κ2) is 5.33. The van der Waals surface area contributed by atoms with Gasteiger partial charge in [-0.2, -0.15) is 4.98 Å². The zero-order valence-corrected chi connectivity index (χ0v) is 11.2. The number of aromatic nitrogens is 3. The number of rotatable bonds is 4. The summed E-state index contributed by atoms with van der Waals surface area (Å²) < 4.78 is 0. The van der Waals surface area contributed by atoms with Gasteiger partial charge in [0.2, 0.25) is 11.1 Å². The van der Waals surface area contributed by atoms with Crippen molar-refractivity contribution in [1.82, 2.24) is 15.0 Å². The summed E-state index contributed by atoms with van der Waals surface area (Å²) in [4.78, 5) is 31.3. The highest BCUT2D eigenvalue weighted by Gasteiger charge is 2.21. The Morgan fingerprint density at radius 1 is 1.58 bits per heavy atom. The maximum atomic E-state index is 11.0. The van der Waals surface area contributed by atoms with E-state index in [9.17, 15) is 14.9 Å². The van der Waals surface area contributed by atoms with Crippen LogP contribution in [0.25, 0.3) is 0 Å². The fraction of sp³-hybridized carbons (Fsp3) is 0.222. The summed E-state index contributed by atoms with van der Waals surface area (Å²) in [6, 6.07) is 0. The number of anilines is 1. The Morgan fingerprint density at radius 2 is 2.32 bits per heavy atom. The van der Waals surface area contributed by atoms with Crippen molar-refractivity contribution in [3.63, 3.8) is 0 Å². The van der Waals surface area contributed by atoms with E-state index in [2.05, 4.69) is 20.3 Å². The van der Waals surface area contributed by atoms with Crippen LogP contribution in [-0.2, 0) is 6.54 Å². The van der Waals surface area contributed by atoms with Gasteiger partial charge in [0.15, 0.2) is 0 Å². The molecule has 0 radical (unpaired) electrons. The molecule has 2 heterocycles. The maximum Gasteiger partial charge on any atom is 0.332 e. The zero-order valence-electron chi connectivity index (χ0n) is 9.64. The smallest absolute Gasteiger partial charge is 0.332 e. The standard InChI is InChI=1S/C9H8ClN5O3S/c1-4-6(15(17)18)7(14-8(10)12-4)11-2-5-3-19-9(16)13-5/h3H,2H2,1H3,(H,13,16)(H,11,12,14). The summed E-state index contributed by atoms with van der Waals surface area (Å²) in [6.45, 7) is 1.68. The molecular formula is C9H8ClN5O3S. The predicted octanol–water partition coefficient (Wildman–Crippen LogP) is 1.71. The molecule has 0 fully saturated rings. The number of nitrogens with zero attached hydrogens (tertiary/aromatic N) is 3. The lowest BCUT2D eigenvalue weighted by Gasteiger charge is -2.06. The van der Waals surface area contributed by atoms with Gasteiger partial charge in [0, 0.05) is 11.1 Å². The molecule has 8 nitrogen and oxygen atoms in total. The van der Waals surface area contributed by atoms with Gasteiger partial charge in [0.1, 0.15) is 5.69 Å². The molecule has 0 amide bonds. The molecule has 0 aliphatic rings.